The first kappa shape index (κ1) is 27.5. The molecule has 0 aromatic heterocycles. The number of nitrogens with zero attached hydrogens (tertiary/aromatic N) is 1. The summed E-state index contributed by atoms with van der Waals surface area (Å²) in [5, 5.41) is 7.95. The zero-order valence-corrected chi connectivity index (χ0v) is 21.3. The molecular formula is C26H29N5O5S. The summed E-state index contributed by atoms with van der Waals surface area (Å²) in [5.41, 5.74) is 4.50. The highest BCUT2D eigenvalue weighted by molar-refractivity contribution is 7.89. The lowest BCUT2D eigenvalue weighted by molar-refractivity contribution is -0.137. The zero-order chi connectivity index (χ0) is 27.2. The number of sulfonamides is 1. The van der Waals surface area contributed by atoms with E-state index in [-0.39, 0.29) is 23.9 Å². The highest BCUT2D eigenvalue weighted by atomic mass is 32.2. The Kier molecular flexibility index (Phi) is 8.77. The number of amides is 3. The molecule has 0 aliphatic rings. The summed E-state index contributed by atoms with van der Waals surface area (Å²) in [4.78, 5) is 38.9. The van der Waals surface area contributed by atoms with Crippen LogP contribution in [0.3, 0.4) is 0 Å². The summed E-state index contributed by atoms with van der Waals surface area (Å²) >= 11 is 0. The Balaban J connectivity index is 1.80. The summed E-state index contributed by atoms with van der Waals surface area (Å²) in [6.45, 7) is 4.16. The molecule has 194 valence electrons. The Hall–Kier alpha value is -4.06. The van der Waals surface area contributed by atoms with Crippen molar-refractivity contribution in [2.75, 3.05) is 11.4 Å². The molecule has 0 atom stereocenters. The lowest BCUT2D eigenvalue weighted by Gasteiger charge is -2.24. The molecule has 37 heavy (non-hydrogen) atoms. The van der Waals surface area contributed by atoms with E-state index in [4.69, 9.17) is 11.0 Å². The largest absolute Gasteiger partial charge is 0.344 e. The number of anilines is 1. The Bertz CT molecular complexity index is 1400. The first-order chi connectivity index (χ1) is 17.5. The van der Waals surface area contributed by atoms with Gasteiger partial charge in [0.25, 0.3) is 5.91 Å². The second-order valence-electron chi connectivity index (χ2n) is 8.75. The molecule has 0 spiro atoms. The number of nitrogens with two attached hydrogens (primary N) is 2. The maximum absolute atomic E-state index is 13.1. The van der Waals surface area contributed by atoms with Crippen molar-refractivity contribution in [3.05, 3.63) is 83.9 Å². The number of carbonyl (C=O) groups excluding carboxylic acids is 3. The maximum Gasteiger partial charge on any atom is 0.316 e. The first-order valence-corrected chi connectivity index (χ1v) is 13.0. The molecule has 3 amide bonds. The smallest absolute Gasteiger partial charge is 0.316 e. The van der Waals surface area contributed by atoms with Crippen molar-refractivity contribution in [2.24, 2.45) is 16.9 Å². The Labute approximate surface area is 215 Å². The average molecular weight is 524 g/mol. The third-order valence-corrected chi connectivity index (χ3v) is 6.41. The van der Waals surface area contributed by atoms with Crippen LogP contribution in [-0.2, 0) is 26.2 Å². The van der Waals surface area contributed by atoms with Crippen LogP contribution in [0.4, 0.5) is 5.69 Å². The SMILES string of the molecule is CC(C)CN(C(=O)C(=O)NCc1cccc(C(=O)NN)c1)c1ccc(-c2ccccc2S(N)(=O)=O)cc1. The van der Waals surface area contributed by atoms with Gasteiger partial charge in [-0.25, -0.2) is 19.4 Å². The van der Waals surface area contributed by atoms with E-state index in [1.165, 1.54) is 11.0 Å². The molecule has 0 saturated carbocycles. The first-order valence-electron chi connectivity index (χ1n) is 11.4. The van der Waals surface area contributed by atoms with E-state index in [1.54, 1.807) is 66.7 Å². The highest BCUT2D eigenvalue weighted by Gasteiger charge is 2.24. The predicted octanol–water partition coefficient (Wildman–Crippen LogP) is 1.91. The highest BCUT2D eigenvalue weighted by Crippen LogP contribution is 2.28. The second kappa shape index (κ2) is 11.8. The van der Waals surface area contributed by atoms with Gasteiger partial charge in [0.1, 0.15) is 0 Å². The quantitative estimate of drug-likeness (QED) is 0.152. The van der Waals surface area contributed by atoms with E-state index in [2.05, 4.69) is 5.32 Å². The van der Waals surface area contributed by atoms with Crippen LogP contribution in [0.25, 0.3) is 11.1 Å². The third kappa shape index (κ3) is 7.00. The molecule has 0 heterocycles. The molecule has 3 aromatic carbocycles. The van der Waals surface area contributed by atoms with Gasteiger partial charge in [0.15, 0.2) is 0 Å². The molecule has 0 fully saturated rings. The summed E-state index contributed by atoms with van der Waals surface area (Å²) in [5.74, 6) is 3.20. The fourth-order valence-corrected chi connectivity index (χ4v) is 4.49. The molecule has 11 heteroatoms. The normalized spacial score (nSPS) is 11.2. The minimum absolute atomic E-state index is 0.00902. The van der Waals surface area contributed by atoms with Crippen molar-refractivity contribution in [3.8, 4) is 11.1 Å². The van der Waals surface area contributed by atoms with Gasteiger partial charge in [-0.1, -0.05) is 56.3 Å². The Morgan fingerprint density at radius 3 is 2.24 bits per heavy atom. The number of carbonyl (C=O) groups is 3. The molecule has 6 N–H and O–H groups in total. The molecule has 0 unspecified atom stereocenters. The fourth-order valence-electron chi connectivity index (χ4n) is 3.73. The number of nitrogens with one attached hydrogen (secondary N) is 2. The van der Waals surface area contributed by atoms with Gasteiger partial charge in [-0.3, -0.25) is 19.8 Å². The second-order valence-corrected chi connectivity index (χ2v) is 10.3. The van der Waals surface area contributed by atoms with Crippen LogP contribution in [0.2, 0.25) is 0 Å². The van der Waals surface area contributed by atoms with Crippen LogP contribution in [-0.4, -0.2) is 32.7 Å². The van der Waals surface area contributed by atoms with E-state index >= 15 is 0 Å². The number of rotatable bonds is 8. The maximum atomic E-state index is 13.1. The summed E-state index contributed by atoms with van der Waals surface area (Å²) in [6.07, 6.45) is 0. The van der Waals surface area contributed by atoms with Crippen LogP contribution in [0, 0.1) is 5.92 Å². The third-order valence-electron chi connectivity index (χ3n) is 5.44. The number of hydrazine groups is 1. The Morgan fingerprint density at radius 2 is 1.62 bits per heavy atom. The van der Waals surface area contributed by atoms with Crippen LogP contribution in [0.1, 0.15) is 29.8 Å². The number of nitrogen functional groups attached to an aromatic ring is 1. The van der Waals surface area contributed by atoms with Gasteiger partial charge < -0.3 is 10.2 Å². The van der Waals surface area contributed by atoms with Crippen molar-refractivity contribution in [1.82, 2.24) is 10.7 Å². The summed E-state index contributed by atoms with van der Waals surface area (Å²) in [7, 11) is -3.93. The van der Waals surface area contributed by atoms with E-state index in [0.29, 0.717) is 27.9 Å². The average Bonchev–Trinajstić information content (AvgIpc) is 2.89. The topological polar surface area (TPSA) is 165 Å². The van der Waals surface area contributed by atoms with E-state index in [1.807, 2.05) is 19.3 Å². The van der Waals surface area contributed by atoms with Crippen LogP contribution >= 0.6 is 0 Å². The number of hydrogen-bond donors (Lipinski definition) is 4. The van der Waals surface area contributed by atoms with Crippen molar-refractivity contribution in [1.29, 1.82) is 0 Å². The van der Waals surface area contributed by atoms with Gasteiger partial charge in [0, 0.05) is 29.9 Å². The molecular weight excluding hydrogens is 494 g/mol. The molecule has 3 rings (SSSR count). The van der Waals surface area contributed by atoms with Gasteiger partial charge >= 0.3 is 11.8 Å². The van der Waals surface area contributed by atoms with Crippen LogP contribution in [0.5, 0.6) is 0 Å². The van der Waals surface area contributed by atoms with Gasteiger partial charge in [-0.05, 0) is 47.4 Å². The van der Waals surface area contributed by atoms with Crippen molar-refractivity contribution in [3.63, 3.8) is 0 Å². The van der Waals surface area contributed by atoms with Gasteiger partial charge in [0.05, 0.1) is 4.90 Å². The summed E-state index contributed by atoms with van der Waals surface area (Å²) in [6, 6.07) is 19.5. The van der Waals surface area contributed by atoms with Gasteiger partial charge in [0.2, 0.25) is 10.0 Å². The fraction of sp³-hybridized carbons (Fsp3) is 0.192. The van der Waals surface area contributed by atoms with E-state index in [9.17, 15) is 22.8 Å². The Morgan fingerprint density at radius 1 is 0.946 bits per heavy atom. The molecule has 0 saturated heterocycles. The molecule has 0 bridgehead atoms. The van der Waals surface area contributed by atoms with Crippen molar-refractivity contribution in [2.45, 2.75) is 25.3 Å². The molecule has 0 radical (unpaired) electrons. The van der Waals surface area contributed by atoms with Gasteiger partial charge in [-0.15, -0.1) is 0 Å². The molecule has 0 aliphatic heterocycles. The molecule has 0 aliphatic carbocycles. The lowest BCUT2D eigenvalue weighted by Crippen LogP contribution is -2.44. The zero-order valence-electron chi connectivity index (χ0n) is 20.5. The number of primary sulfonamides is 1. The monoisotopic (exact) mass is 523 g/mol. The number of benzene rings is 3. The van der Waals surface area contributed by atoms with Crippen molar-refractivity contribution < 1.29 is 22.8 Å². The van der Waals surface area contributed by atoms with E-state index < -0.39 is 27.7 Å². The summed E-state index contributed by atoms with van der Waals surface area (Å²) < 4.78 is 23.9. The van der Waals surface area contributed by atoms with Crippen LogP contribution < -0.4 is 26.6 Å². The minimum atomic E-state index is -3.93. The van der Waals surface area contributed by atoms with Gasteiger partial charge in [-0.2, -0.15) is 0 Å². The minimum Gasteiger partial charge on any atom is -0.344 e. The lowest BCUT2D eigenvalue weighted by atomic mass is 10.0. The van der Waals surface area contributed by atoms with Crippen molar-refractivity contribution >= 4 is 33.4 Å². The number of hydrogen-bond acceptors (Lipinski definition) is 6. The van der Waals surface area contributed by atoms with Crippen LogP contribution in [0.15, 0.2) is 77.7 Å². The predicted molar refractivity (Wildman–Crippen MR) is 140 cm³/mol. The van der Waals surface area contributed by atoms with E-state index in [0.717, 1.165) is 0 Å². The standard InChI is InChI=1S/C26H29N5O5S/c1-17(2)16-31(26(34)25(33)29-15-18-6-5-7-20(14-18)24(32)30-27)21-12-10-19(11-13-21)22-8-3-4-9-23(22)37(28,35)36/h3-14,17H,15-16,27H2,1-2H3,(H,29,33)(H,30,32)(H2,28,35,36). The molecule has 3 aromatic rings. The molecule has 10 nitrogen and oxygen atoms in total.